The molecule has 0 amide bonds. The number of aromatic nitrogens is 2. The Kier molecular flexibility index (Phi) is 3.63. The standard InChI is InChI=1S/C11H17N3O3/c1-14-6-9(12)10(13-14)11(15)17-7-8-4-2-3-5-16-8/h6,8H,2-5,7,12H2,1H3. The van der Waals surface area contributed by atoms with E-state index in [1.54, 1.807) is 13.2 Å². The largest absolute Gasteiger partial charge is 0.458 e. The molecule has 0 bridgehead atoms. The summed E-state index contributed by atoms with van der Waals surface area (Å²) >= 11 is 0. The lowest BCUT2D eigenvalue weighted by atomic mass is 10.1. The zero-order chi connectivity index (χ0) is 12.3. The van der Waals surface area contributed by atoms with Crippen LogP contribution in [0.4, 0.5) is 5.69 Å². The van der Waals surface area contributed by atoms with Crippen LogP contribution < -0.4 is 5.73 Å². The van der Waals surface area contributed by atoms with E-state index in [1.165, 1.54) is 4.68 Å². The van der Waals surface area contributed by atoms with Crippen molar-refractivity contribution < 1.29 is 14.3 Å². The molecule has 0 aliphatic carbocycles. The number of hydrogen-bond acceptors (Lipinski definition) is 5. The second kappa shape index (κ2) is 5.18. The van der Waals surface area contributed by atoms with E-state index in [4.69, 9.17) is 15.2 Å². The molecule has 2 rings (SSSR count). The fourth-order valence-electron chi connectivity index (χ4n) is 1.84. The van der Waals surface area contributed by atoms with Gasteiger partial charge < -0.3 is 15.2 Å². The molecule has 0 spiro atoms. The van der Waals surface area contributed by atoms with Crippen LogP contribution in [0.15, 0.2) is 6.20 Å². The second-order valence-electron chi connectivity index (χ2n) is 4.19. The van der Waals surface area contributed by atoms with E-state index in [0.717, 1.165) is 25.9 Å². The van der Waals surface area contributed by atoms with Crippen LogP contribution in [0.25, 0.3) is 0 Å². The average Bonchev–Trinajstić information content (AvgIpc) is 2.67. The van der Waals surface area contributed by atoms with Gasteiger partial charge in [0.05, 0.1) is 11.8 Å². The molecule has 0 aromatic carbocycles. The maximum Gasteiger partial charge on any atom is 0.361 e. The number of nitrogen functional groups attached to an aromatic ring is 1. The molecule has 2 heterocycles. The Labute approximate surface area is 99.7 Å². The Bertz CT molecular complexity index is 397. The van der Waals surface area contributed by atoms with E-state index in [-0.39, 0.29) is 18.4 Å². The summed E-state index contributed by atoms with van der Waals surface area (Å²) in [6.07, 6.45) is 4.72. The number of carbonyl (C=O) groups is 1. The first-order valence-electron chi connectivity index (χ1n) is 5.74. The van der Waals surface area contributed by atoms with Gasteiger partial charge in [0.25, 0.3) is 0 Å². The van der Waals surface area contributed by atoms with Crippen molar-refractivity contribution >= 4 is 11.7 Å². The van der Waals surface area contributed by atoms with Gasteiger partial charge in [0.1, 0.15) is 6.61 Å². The third kappa shape index (κ3) is 2.97. The molecule has 1 aliphatic heterocycles. The molecule has 1 atom stereocenters. The average molecular weight is 239 g/mol. The second-order valence-corrected chi connectivity index (χ2v) is 4.19. The Morgan fingerprint density at radius 3 is 3.12 bits per heavy atom. The van der Waals surface area contributed by atoms with Gasteiger partial charge in [-0.1, -0.05) is 0 Å². The molecule has 2 N–H and O–H groups in total. The number of aryl methyl sites for hydroxylation is 1. The summed E-state index contributed by atoms with van der Waals surface area (Å²) in [6.45, 7) is 1.02. The molecule has 17 heavy (non-hydrogen) atoms. The van der Waals surface area contributed by atoms with Crippen LogP contribution in [0.2, 0.25) is 0 Å². The maximum atomic E-state index is 11.7. The first kappa shape index (κ1) is 11.9. The van der Waals surface area contributed by atoms with E-state index < -0.39 is 5.97 Å². The van der Waals surface area contributed by atoms with Crippen molar-refractivity contribution in [3.05, 3.63) is 11.9 Å². The number of esters is 1. The lowest BCUT2D eigenvalue weighted by molar-refractivity contribution is -0.0302. The number of ether oxygens (including phenoxy) is 2. The lowest BCUT2D eigenvalue weighted by Gasteiger charge is -2.21. The monoisotopic (exact) mass is 239 g/mol. The Morgan fingerprint density at radius 1 is 1.71 bits per heavy atom. The van der Waals surface area contributed by atoms with Crippen LogP contribution in [0.3, 0.4) is 0 Å². The minimum absolute atomic E-state index is 0.0117. The van der Waals surface area contributed by atoms with Crippen molar-refractivity contribution in [2.45, 2.75) is 25.4 Å². The summed E-state index contributed by atoms with van der Waals surface area (Å²) < 4.78 is 12.1. The zero-order valence-corrected chi connectivity index (χ0v) is 9.89. The highest BCUT2D eigenvalue weighted by atomic mass is 16.6. The minimum Gasteiger partial charge on any atom is -0.458 e. The first-order chi connectivity index (χ1) is 8.16. The zero-order valence-electron chi connectivity index (χ0n) is 9.89. The van der Waals surface area contributed by atoms with E-state index >= 15 is 0 Å². The van der Waals surface area contributed by atoms with Crippen molar-refractivity contribution in [3.63, 3.8) is 0 Å². The van der Waals surface area contributed by atoms with Gasteiger partial charge in [0, 0.05) is 19.9 Å². The van der Waals surface area contributed by atoms with Gasteiger partial charge in [-0.25, -0.2) is 4.79 Å². The van der Waals surface area contributed by atoms with Crippen LogP contribution >= 0.6 is 0 Å². The first-order valence-corrected chi connectivity index (χ1v) is 5.74. The molecule has 1 aromatic heterocycles. The molecule has 1 unspecified atom stereocenters. The summed E-state index contributed by atoms with van der Waals surface area (Å²) in [5, 5.41) is 3.95. The van der Waals surface area contributed by atoms with Crippen molar-refractivity contribution in [3.8, 4) is 0 Å². The van der Waals surface area contributed by atoms with Gasteiger partial charge in [0.15, 0.2) is 5.69 Å². The number of nitrogens with two attached hydrogens (primary N) is 1. The van der Waals surface area contributed by atoms with Gasteiger partial charge in [-0.05, 0) is 19.3 Å². The highest BCUT2D eigenvalue weighted by molar-refractivity contribution is 5.92. The van der Waals surface area contributed by atoms with E-state index in [1.807, 2.05) is 0 Å². The highest BCUT2D eigenvalue weighted by Gasteiger charge is 2.19. The molecule has 1 aromatic rings. The smallest absolute Gasteiger partial charge is 0.361 e. The van der Waals surface area contributed by atoms with Crippen LogP contribution in [0.5, 0.6) is 0 Å². The number of hydrogen-bond donors (Lipinski definition) is 1. The SMILES string of the molecule is Cn1cc(N)c(C(=O)OCC2CCCCO2)n1. The Morgan fingerprint density at radius 2 is 2.53 bits per heavy atom. The molecule has 1 aliphatic rings. The van der Waals surface area contributed by atoms with E-state index in [0.29, 0.717) is 5.69 Å². The van der Waals surface area contributed by atoms with Crippen LogP contribution in [0, 0.1) is 0 Å². The van der Waals surface area contributed by atoms with E-state index in [2.05, 4.69) is 5.10 Å². The van der Waals surface area contributed by atoms with Gasteiger partial charge in [-0.3, -0.25) is 4.68 Å². The molecule has 6 nitrogen and oxygen atoms in total. The van der Waals surface area contributed by atoms with Crippen molar-refractivity contribution in [2.24, 2.45) is 7.05 Å². The third-order valence-corrected chi connectivity index (χ3v) is 2.72. The number of carbonyl (C=O) groups excluding carboxylic acids is 1. The third-order valence-electron chi connectivity index (χ3n) is 2.72. The highest BCUT2D eigenvalue weighted by Crippen LogP contribution is 2.14. The number of anilines is 1. The summed E-state index contributed by atoms with van der Waals surface area (Å²) in [5.74, 6) is -0.489. The normalized spacial score (nSPS) is 20.2. The van der Waals surface area contributed by atoms with Crippen molar-refractivity contribution in [1.29, 1.82) is 0 Å². The maximum absolute atomic E-state index is 11.7. The number of nitrogens with zero attached hydrogens (tertiary/aromatic N) is 2. The van der Waals surface area contributed by atoms with Crippen LogP contribution in [-0.4, -0.2) is 35.1 Å². The predicted octanol–water partition coefficient (Wildman–Crippen LogP) is 0.728. The molecule has 0 saturated carbocycles. The minimum atomic E-state index is -0.489. The predicted molar refractivity (Wildman–Crippen MR) is 61.5 cm³/mol. The fourth-order valence-corrected chi connectivity index (χ4v) is 1.84. The summed E-state index contributed by atoms with van der Waals surface area (Å²) in [4.78, 5) is 11.7. The summed E-state index contributed by atoms with van der Waals surface area (Å²) in [5.41, 5.74) is 6.14. The lowest BCUT2D eigenvalue weighted by Crippen LogP contribution is -2.26. The molecule has 6 heteroatoms. The van der Waals surface area contributed by atoms with Gasteiger partial charge in [-0.15, -0.1) is 0 Å². The molecule has 1 fully saturated rings. The fraction of sp³-hybridized carbons (Fsp3) is 0.636. The molecular formula is C11H17N3O3. The van der Waals surface area contributed by atoms with Gasteiger partial charge >= 0.3 is 5.97 Å². The van der Waals surface area contributed by atoms with Crippen LogP contribution in [0.1, 0.15) is 29.8 Å². The topological polar surface area (TPSA) is 79.4 Å². The molecule has 0 radical (unpaired) electrons. The van der Waals surface area contributed by atoms with Crippen molar-refractivity contribution in [1.82, 2.24) is 9.78 Å². The summed E-state index contributed by atoms with van der Waals surface area (Å²) in [7, 11) is 1.71. The van der Waals surface area contributed by atoms with Gasteiger partial charge in [-0.2, -0.15) is 5.10 Å². The molecule has 1 saturated heterocycles. The van der Waals surface area contributed by atoms with Gasteiger partial charge in [0.2, 0.25) is 0 Å². The molecular weight excluding hydrogens is 222 g/mol. The quantitative estimate of drug-likeness (QED) is 0.786. The van der Waals surface area contributed by atoms with Crippen molar-refractivity contribution in [2.75, 3.05) is 18.9 Å². The Balaban J connectivity index is 1.86. The van der Waals surface area contributed by atoms with E-state index in [9.17, 15) is 4.79 Å². The Hall–Kier alpha value is -1.56. The summed E-state index contributed by atoms with van der Waals surface area (Å²) in [6, 6.07) is 0. The molecule has 94 valence electrons. The van der Waals surface area contributed by atoms with Crippen LogP contribution in [-0.2, 0) is 16.5 Å². The number of rotatable bonds is 3.